The van der Waals surface area contributed by atoms with E-state index in [1.54, 1.807) is 6.07 Å². The lowest BCUT2D eigenvalue weighted by Crippen LogP contribution is -2.30. The summed E-state index contributed by atoms with van der Waals surface area (Å²) in [6.45, 7) is 3.24. The Kier molecular flexibility index (Phi) is 4.61. The number of fused-ring (bicyclic) bond motifs is 1. The molecule has 108 valence electrons. The third-order valence-corrected chi connectivity index (χ3v) is 3.67. The van der Waals surface area contributed by atoms with Crippen molar-refractivity contribution in [2.24, 2.45) is 5.92 Å². The molecule has 1 unspecified atom stereocenters. The molecule has 0 fully saturated rings. The second-order valence-electron chi connectivity index (χ2n) is 5.13. The van der Waals surface area contributed by atoms with Gasteiger partial charge in [0.2, 0.25) is 0 Å². The number of hydrogen-bond donors (Lipinski definition) is 3. The number of carboxylic acids is 1. The van der Waals surface area contributed by atoms with Gasteiger partial charge in [0, 0.05) is 30.8 Å². The minimum atomic E-state index is -0.824. The molecule has 0 radical (unpaired) electrons. The second kappa shape index (κ2) is 6.41. The van der Waals surface area contributed by atoms with E-state index in [1.807, 2.05) is 19.1 Å². The number of benzene rings is 1. The minimum Gasteiger partial charge on any atom is -0.481 e. The normalized spacial score (nSPS) is 14.2. The topological polar surface area (TPSA) is 78.4 Å². The highest BCUT2D eigenvalue weighted by Crippen LogP contribution is 2.22. The first kappa shape index (κ1) is 14.4. The summed E-state index contributed by atoms with van der Waals surface area (Å²) in [5.74, 6) is -0.981. The molecule has 0 aliphatic carbocycles. The Morgan fingerprint density at radius 3 is 2.95 bits per heavy atom. The number of carbonyl (C=O) groups excluding carboxylic acids is 1. The molecule has 5 nitrogen and oxygen atoms in total. The Morgan fingerprint density at radius 1 is 1.45 bits per heavy atom. The number of anilines is 1. The quantitative estimate of drug-likeness (QED) is 0.741. The molecular weight excluding hydrogens is 256 g/mol. The van der Waals surface area contributed by atoms with Gasteiger partial charge in [-0.1, -0.05) is 13.3 Å². The second-order valence-corrected chi connectivity index (χ2v) is 5.13. The van der Waals surface area contributed by atoms with E-state index in [9.17, 15) is 9.59 Å². The minimum absolute atomic E-state index is 0.0208. The zero-order chi connectivity index (χ0) is 14.5. The van der Waals surface area contributed by atoms with E-state index in [0.717, 1.165) is 30.6 Å². The predicted octanol–water partition coefficient (Wildman–Crippen LogP) is 1.89. The SMILES string of the molecule is CCC(CNC(=O)c1ccc2c(c1)CCN2)CC(=O)O. The van der Waals surface area contributed by atoms with Crippen molar-refractivity contribution in [1.29, 1.82) is 0 Å². The van der Waals surface area contributed by atoms with Crippen LogP contribution in [0.3, 0.4) is 0 Å². The van der Waals surface area contributed by atoms with Crippen molar-refractivity contribution in [3.63, 3.8) is 0 Å². The smallest absolute Gasteiger partial charge is 0.303 e. The summed E-state index contributed by atoms with van der Waals surface area (Å²) in [5.41, 5.74) is 2.90. The van der Waals surface area contributed by atoms with Crippen molar-refractivity contribution in [2.45, 2.75) is 26.2 Å². The van der Waals surface area contributed by atoms with Gasteiger partial charge in [-0.15, -0.1) is 0 Å². The van der Waals surface area contributed by atoms with Gasteiger partial charge in [-0.05, 0) is 36.1 Å². The largest absolute Gasteiger partial charge is 0.481 e. The maximum absolute atomic E-state index is 12.1. The van der Waals surface area contributed by atoms with Gasteiger partial charge in [0.05, 0.1) is 0 Å². The van der Waals surface area contributed by atoms with E-state index in [2.05, 4.69) is 10.6 Å². The number of hydrogen-bond acceptors (Lipinski definition) is 3. The zero-order valence-corrected chi connectivity index (χ0v) is 11.6. The van der Waals surface area contributed by atoms with E-state index in [1.165, 1.54) is 0 Å². The molecule has 2 rings (SSSR count). The first-order valence-corrected chi connectivity index (χ1v) is 6.97. The summed E-state index contributed by atoms with van der Waals surface area (Å²) < 4.78 is 0. The molecule has 20 heavy (non-hydrogen) atoms. The van der Waals surface area contributed by atoms with Crippen molar-refractivity contribution in [3.05, 3.63) is 29.3 Å². The fourth-order valence-corrected chi connectivity index (χ4v) is 2.39. The van der Waals surface area contributed by atoms with Crippen LogP contribution in [0.15, 0.2) is 18.2 Å². The molecule has 1 aromatic rings. The Hall–Kier alpha value is -2.04. The van der Waals surface area contributed by atoms with Crippen LogP contribution < -0.4 is 10.6 Å². The van der Waals surface area contributed by atoms with Gasteiger partial charge >= 0.3 is 5.97 Å². The molecule has 0 spiro atoms. The molecule has 1 amide bonds. The Morgan fingerprint density at radius 2 is 2.25 bits per heavy atom. The lowest BCUT2D eigenvalue weighted by molar-refractivity contribution is -0.138. The van der Waals surface area contributed by atoms with Crippen molar-refractivity contribution in [2.75, 3.05) is 18.4 Å². The fraction of sp³-hybridized carbons (Fsp3) is 0.467. The van der Waals surface area contributed by atoms with E-state index in [4.69, 9.17) is 5.11 Å². The first-order valence-electron chi connectivity index (χ1n) is 6.97. The van der Waals surface area contributed by atoms with Crippen molar-refractivity contribution >= 4 is 17.6 Å². The molecule has 1 aliphatic heterocycles. The number of rotatable bonds is 6. The van der Waals surface area contributed by atoms with Gasteiger partial charge in [-0.2, -0.15) is 0 Å². The predicted molar refractivity (Wildman–Crippen MR) is 77.0 cm³/mol. The maximum Gasteiger partial charge on any atom is 0.303 e. The van der Waals surface area contributed by atoms with Crippen molar-refractivity contribution < 1.29 is 14.7 Å². The van der Waals surface area contributed by atoms with Crippen LogP contribution in [-0.2, 0) is 11.2 Å². The summed E-state index contributed by atoms with van der Waals surface area (Å²) in [5, 5.41) is 14.9. The molecular formula is C15H20N2O3. The van der Waals surface area contributed by atoms with Crippen LogP contribution in [0.1, 0.15) is 35.7 Å². The highest BCUT2D eigenvalue weighted by atomic mass is 16.4. The first-order chi connectivity index (χ1) is 9.60. The number of nitrogens with one attached hydrogen (secondary N) is 2. The van der Waals surface area contributed by atoms with E-state index in [0.29, 0.717) is 12.1 Å². The van der Waals surface area contributed by atoms with Gasteiger partial charge in [0.25, 0.3) is 5.91 Å². The highest BCUT2D eigenvalue weighted by molar-refractivity contribution is 5.95. The van der Waals surface area contributed by atoms with Crippen LogP contribution in [0, 0.1) is 5.92 Å². The van der Waals surface area contributed by atoms with E-state index >= 15 is 0 Å². The van der Waals surface area contributed by atoms with Gasteiger partial charge in [0.1, 0.15) is 0 Å². The van der Waals surface area contributed by atoms with Crippen LogP contribution in [-0.4, -0.2) is 30.1 Å². The number of carbonyl (C=O) groups is 2. The van der Waals surface area contributed by atoms with Gasteiger partial charge in [-0.3, -0.25) is 9.59 Å². The Balaban J connectivity index is 1.93. The molecule has 0 saturated heterocycles. The van der Waals surface area contributed by atoms with Gasteiger partial charge in [-0.25, -0.2) is 0 Å². The molecule has 3 N–H and O–H groups in total. The molecule has 0 saturated carbocycles. The van der Waals surface area contributed by atoms with Crippen LogP contribution >= 0.6 is 0 Å². The highest BCUT2D eigenvalue weighted by Gasteiger charge is 2.15. The molecule has 1 atom stereocenters. The molecule has 1 aromatic carbocycles. The zero-order valence-electron chi connectivity index (χ0n) is 11.6. The fourth-order valence-electron chi connectivity index (χ4n) is 2.39. The number of carboxylic acid groups (broad SMARTS) is 1. The standard InChI is InChI=1S/C15H20N2O3/c1-2-10(7-14(18)19)9-17-15(20)12-3-4-13-11(8-12)5-6-16-13/h3-4,8,10,16H,2,5-7,9H2,1H3,(H,17,20)(H,18,19). The van der Waals surface area contributed by atoms with Gasteiger partial charge in [0.15, 0.2) is 0 Å². The van der Waals surface area contributed by atoms with Crippen LogP contribution in [0.25, 0.3) is 0 Å². The van der Waals surface area contributed by atoms with Crippen LogP contribution in [0.2, 0.25) is 0 Å². The Bertz CT molecular complexity index is 514. The van der Waals surface area contributed by atoms with Crippen LogP contribution in [0.4, 0.5) is 5.69 Å². The average molecular weight is 276 g/mol. The maximum atomic E-state index is 12.1. The lowest BCUT2D eigenvalue weighted by Gasteiger charge is -2.13. The third-order valence-electron chi connectivity index (χ3n) is 3.67. The molecule has 0 aromatic heterocycles. The lowest BCUT2D eigenvalue weighted by atomic mass is 10.0. The molecule has 5 heteroatoms. The average Bonchev–Trinajstić information content (AvgIpc) is 2.89. The summed E-state index contributed by atoms with van der Waals surface area (Å²) >= 11 is 0. The number of aliphatic carboxylic acids is 1. The summed E-state index contributed by atoms with van der Waals surface area (Å²) in [6, 6.07) is 5.62. The molecule has 0 bridgehead atoms. The Labute approximate surface area is 118 Å². The number of amides is 1. The van der Waals surface area contributed by atoms with Gasteiger partial charge < -0.3 is 15.7 Å². The summed E-state index contributed by atoms with van der Waals surface area (Å²) in [6.07, 6.45) is 1.76. The van der Waals surface area contributed by atoms with E-state index in [-0.39, 0.29) is 18.2 Å². The molecule has 1 heterocycles. The van der Waals surface area contributed by atoms with Crippen molar-refractivity contribution in [3.8, 4) is 0 Å². The molecule has 1 aliphatic rings. The van der Waals surface area contributed by atoms with Crippen LogP contribution in [0.5, 0.6) is 0 Å². The summed E-state index contributed by atoms with van der Waals surface area (Å²) in [4.78, 5) is 22.8. The monoisotopic (exact) mass is 276 g/mol. The van der Waals surface area contributed by atoms with E-state index < -0.39 is 5.97 Å². The third kappa shape index (κ3) is 3.50. The summed E-state index contributed by atoms with van der Waals surface area (Å²) in [7, 11) is 0. The van der Waals surface area contributed by atoms with Crippen molar-refractivity contribution in [1.82, 2.24) is 5.32 Å².